The van der Waals surface area contributed by atoms with E-state index >= 15 is 0 Å². The number of alkyl halides is 1. The van der Waals surface area contributed by atoms with Crippen LogP contribution in [0.15, 0.2) is 83.3 Å². The van der Waals surface area contributed by atoms with Crippen LogP contribution < -0.4 is 5.32 Å². The summed E-state index contributed by atoms with van der Waals surface area (Å²) in [7, 11) is 0. The quantitative estimate of drug-likeness (QED) is 0.334. The molecule has 0 aliphatic heterocycles. The molecule has 4 aromatic rings. The highest BCUT2D eigenvalue weighted by Crippen LogP contribution is 2.30. The van der Waals surface area contributed by atoms with Gasteiger partial charge in [0.25, 0.3) is 0 Å². The molecule has 4 nitrogen and oxygen atoms in total. The van der Waals surface area contributed by atoms with E-state index in [1.807, 2.05) is 49.4 Å². The molecule has 0 spiro atoms. The molecule has 1 heterocycles. The van der Waals surface area contributed by atoms with E-state index in [2.05, 4.69) is 5.32 Å². The van der Waals surface area contributed by atoms with Crippen molar-refractivity contribution in [2.45, 2.75) is 12.3 Å². The fourth-order valence-electron chi connectivity index (χ4n) is 3.22. The number of ketones is 1. The number of carbonyl (C=O) groups excluding carboxylic acids is 2. The van der Waals surface area contributed by atoms with E-state index in [0.29, 0.717) is 22.6 Å². The smallest absolute Gasteiger partial charge is 0.246 e. The molecule has 29 heavy (non-hydrogen) atoms. The number of nitrogens with one attached hydrogen (secondary N) is 1. The van der Waals surface area contributed by atoms with Gasteiger partial charge in [-0.25, -0.2) is 0 Å². The van der Waals surface area contributed by atoms with Crippen LogP contribution in [0.2, 0.25) is 0 Å². The Kier molecular flexibility index (Phi) is 5.19. The van der Waals surface area contributed by atoms with Crippen LogP contribution in [0.4, 0.5) is 5.69 Å². The molecule has 144 valence electrons. The van der Waals surface area contributed by atoms with E-state index in [-0.39, 0.29) is 11.7 Å². The second-order valence-electron chi connectivity index (χ2n) is 6.72. The molecule has 0 radical (unpaired) electrons. The maximum Gasteiger partial charge on any atom is 0.246 e. The number of amides is 1. The van der Waals surface area contributed by atoms with Crippen molar-refractivity contribution in [3.8, 4) is 0 Å². The fourth-order valence-corrected chi connectivity index (χ4v) is 3.42. The normalized spacial score (nSPS) is 11.9. The molecule has 5 heteroatoms. The second-order valence-corrected chi connectivity index (χ2v) is 7.16. The zero-order valence-electron chi connectivity index (χ0n) is 15.7. The molecule has 1 aromatic heterocycles. The number of benzene rings is 3. The van der Waals surface area contributed by atoms with Gasteiger partial charge in [-0.05, 0) is 24.6 Å². The van der Waals surface area contributed by atoms with Crippen LogP contribution in [-0.4, -0.2) is 11.7 Å². The lowest BCUT2D eigenvalue weighted by molar-refractivity contribution is -0.116. The van der Waals surface area contributed by atoms with Gasteiger partial charge in [0.1, 0.15) is 11.0 Å². The molecule has 1 atom stereocenters. The molecule has 0 saturated heterocycles. The van der Waals surface area contributed by atoms with Crippen LogP contribution in [0.3, 0.4) is 0 Å². The van der Waals surface area contributed by atoms with Gasteiger partial charge in [0.2, 0.25) is 11.7 Å². The highest BCUT2D eigenvalue weighted by molar-refractivity contribution is 6.32. The van der Waals surface area contributed by atoms with E-state index in [4.69, 9.17) is 16.0 Å². The number of hydrogen-bond donors (Lipinski definition) is 1. The van der Waals surface area contributed by atoms with Gasteiger partial charge in [0.05, 0.1) is 0 Å². The Labute approximate surface area is 173 Å². The Hall–Kier alpha value is -3.37. The lowest BCUT2D eigenvalue weighted by Crippen LogP contribution is -2.17. The van der Waals surface area contributed by atoms with Crippen LogP contribution in [-0.2, 0) is 4.79 Å². The summed E-state index contributed by atoms with van der Waals surface area (Å²) in [5.41, 5.74) is 3.14. The third-order valence-electron chi connectivity index (χ3n) is 4.77. The Morgan fingerprint density at radius 3 is 2.28 bits per heavy atom. The molecule has 1 unspecified atom stereocenters. The van der Waals surface area contributed by atoms with Crippen molar-refractivity contribution >= 4 is 39.9 Å². The first kappa shape index (κ1) is 19.0. The summed E-state index contributed by atoms with van der Waals surface area (Å²) < 4.78 is 5.85. The Bertz CT molecular complexity index is 1180. The van der Waals surface area contributed by atoms with Crippen LogP contribution in [0, 0.1) is 6.92 Å². The van der Waals surface area contributed by atoms with Gasteiger partial charge >= 0.3 is 0 Å². The summed E-state index contributed by atoms with van der Waals surface area (Å²) in [6.45, 7) is 1.85. The first-order chi connectivity index (χ1) is 14.0. The van der Waals surface area contributed by atoms with Crippen LogP contribution in [0.25, 0.3) is 11.0 Å². The first-order valence-corrected chi connectivity index (χ1v) is 9.61. The van der Waals surface area contributed by atoms with Crippen molar-refractivity contribution in [3.05, 3.63) is 101 Å². The summed E-state index contributed by atoms with van der Waals surface area (Å²) in [4.78, 5) is 25.3. The van der Waals surface area contributed by atoms with Gasteiger partial charge in [0.15, 0.2) is 5.76 Å². The summed E-state index contributed by atoms with van der Waals surface area (Å²) >= 11 is 6.28. The molecule has 0 fully saturated rings. The maximum absolute atomic E-state index is 12.8. The number of fused-ring (bicyclic) bond motifs is 1. The van der Waals surface area contributed by atoms with Crippen LogP contribution in [0.1, 0.15) is 32.6 Å². The van der Waals surface area contributed by atoms with Gasteiger partial charge in [-0.3, -0.25) is 9.59 Å². The summed E-state index contributed by atoms with van der Waals surface area (Å²) in [6, 6.07) is 23.4. The number of hydrogen-bond acceptors (Lipinski definition) is 3. The predicted molar refractivity (Wildman–Crippen MR) is 114 cm³/mol. The highest BCUT2D eigenvalue weighted by Gasteiger charge is 2.21. The zero-order chi connectivity index (χ0) is 20.4. The van der Waals surface area contributed by atoms with Gasteiger partial charge < -0.3 is 9.73 Å². The minimum absolute atomic E-state index is 0.171. The van der Waals surface area contributed by atoms with Crippen LogP contribution >= 0.6 is 11.6 Å². The van der Waals surface area contributed by atoms with Gasteiger partial charge in [0, 0.05) is 28.3 Å². The van der Waals surface area contributed by atoms with Gasteiger partial charge in [-0.15, -0.1) is 11.6 Å². The van der Waals surface area contributed by atoms with E-state index in [9.17, 15) is 9.59 Å². The molecule has 0 aliphatic rings. The van der Waals surface area contributed by atoms with E-state index in [1.165, 1.54) is 0 Å². The van der Waals surface area contributed by atoms with E-state index in [1.54, 1.807) is 36.4 Å². The SMILES string of the molecule is Cc1c(C(=O)c2ccccc2)oc2cc(NC(=O)C(Cl)c3ccccc3)ccc12. The van der Waals surface area contributed by atoms with Gasteiger partial charge in [-0.2, -0.15) is 0 Å². The molecule has 3 aromatic carbocycles. The van der Waals surface area contributed by atoms with Crippen LogP contribution in [0.5, 0.6) is 0 Å². The van der Waals surface area contributed by atoms with E-state index in [0.717, 1.165) is 16.5 Å². The molecule has 0 saturated carbocycles. The molecule has 1 amide bonds. The number of furan rings is 1. The maximum atomic E-state index is 12.8. The molecule has 1 N–H and O–H groups in total. The number of anilines is 1. The summed E-state index contributed by atoms with van der Waals surface area (Å²) in [6.07, 6.45) is 0. The number of aryl methyl sites for hydroxylation is 1. The number of carbonyl (C=O) groups is 2. The van der Waals surface area contributed by atoms with Crippen molar-refractivity contribution in [1.29, 1.82) is 0 Å². The van der Waals surface area contributed by atoms with E-state index < -0.39 is 5.38 Å². The number of rotatable bonds is 5. The van der Waals surface area contributed by atoms with Crippen molar-refractivity contribution in [2.24, 2.45) is 0 Å². The standard InChI is InChI=1S/C24H18ClNO3/c1-15-19-13-12-18(26-24(28)21(25)16-8-4-2-5-9-16)14-20(19)29-23(15)22(27)17-10-6-3-7-11-17/h2-14,21H,1H3,(H,26,28). The second kappa shape index (κ2) is 7.94. The largest absolute Gasteiger partial charge is 0.452 e. The minimum Gasteiger partial charge on any atom is -0.452 e. The Morgan fingerprint density at radius 2 is 1.59 bits per heavy atom. The third-order valence-corrected chi connectivity index (χ3v) is 5.22. The van der Waals surface area contributed by atoms with Crippen molar-refractivity contribution in [2.75, 3.05) is 5.32 Å². The van der Waals surface area contributed by atoms with Crippen molar-refractivity contribution in [1.82, 2.24) is 0 Å². The monoisotopic (exact) mass is 403 g/mol. The fraction of sp³-hybridized carbons (Fsp3) is 0.0833. The lowest BCUT2D eigenvalue weighted by Gasteiger charge is -2.10. The Balaban J connectivity index is 1.60. The number of halogens is 1. The zero-order valence-corrected chi connectivity index (χ0v) is 16.4. The summed E-state index contributed by atoms with van der Waals surface area (Å²) in [5, 5.41) is 2.83. The average Bonchev–Trinajstić information content (AvgIpc) is 3.09. The van der Waals surface area contributed by atoms with Crippen molar-refractivity contribution in [3.63, 3.8) is 0 Å². The topological polar surface area (TPSA) is 59.3 Å². The summed E-state index contributed by atoms with van der Waals surface area (Å²) in [5.74, 6) is -0.204. The molecule has 0 bridgehead atoms. The lowest BCUT2D eigenvalue weighted by atomic mass is 10.0. The Morgan fingerprint density at radius 1 is 0.931 bits per heavy atom. The van der Waals surface area contributed by atoms with Crippen molar-refractivity contribution < 1.29 is 14.0 Å². The predicted octanol–water partition coefficient (Wildman–Crippen LogP) is 5.89. The average molecular weight is 404 g/mol. The third kappa shape index (κ3) is 3.80. The molecule has 0 aliphatic carbocycles. The highest BCUT2D eigenvalue weighted by atomic mass is 35.5. The van der Waals surface area contributed by atoms with Gasteiger partial charge in [-0.1, -0.05) is 60.7 Å². The molecular weight excluding hydrogens is 386 g/mol. The molecular formula is C24H18ClNO3. The molecule has 4 rings (SSSR count). The first-order valence-electron chi connectivity index (χ1n) is 9.17. The minimum atomic E-state index is -0.805.